The van der Waals surface area contributed by atoms with Crippen LogP contribution in [0.5, 0.6) is 0 Å². The molecular formula is C11H24N2O. The van der Waals surface area contributed by atoms with Crippen molar-refractivity contribution in [2.45, 2.75) is 32.3 Å². The molecule has 0 bridgehead atoms. The van der Waals surface area contributed by atoms with E-state index in [-0.39, 0.29) is 0 Å². The quantitative estimate of drug-likeness (QED) is 0.697. The number of likely N-dealkylation sites (N-methyl/N-ethyl adjacent to an activating group) is 1. The minimum Gasteiger partial charge on any atom is -0.377 e. The van der Waals surface area contributed by atoms with Gasteiger partial charge in [-0.3, -0.25) is 0 Å². The van der Waals surface area contributed by atoms with Crippen molar-refractivity contribution < 1.29 is 4.74 Å². The predicted molar refractivity (Wildman–Crippen MR) is 59.3 cm³/mol. The Bertz CT molecular complexity index is 146. The van der Waals surface area contributed by atoms with Crippen molar-refractivity contribution in [2.24, 2.45) is 11.7 Å². The molecule has 1 aliphatic heterocycles. The normalized spacial score (nSPS) is 24.4. The fraction of sp³-hybridized carbons (Fsp3) is 1.00. The maximum Gasteiger partial charge on any atom is 0.0702 e. The lowest BCUT2D eigenvalue weighted by Crippen LogP contribution is -2.31. The van der Waals surface area contributed by atoms with Gasteiger partial charge < -0.3 is 15.4 Å². The van der Waals surface area contributed by atoms with Gasteiger partial charge >= 0.3 is 0 Å². The van der Waals surface area contributed by atoms with Crippen molar-refractivity contribution >= 4 is 0 Å². The van der Waals surface area contributed by atoms with Crippen LogP contribution in [0.1, 0.15) is 26.2 Å². The number of nitrogens with zero attached hydrogens (tertiary/aromatic N) is 1. The zero-order valence-corrected chi connectivity index (χ0v) is 9.54. The fourth-order valence-electron chi connectivity index (χ4n) is 1.79. The topological polar surface area (TPSA) is 38.5 Å². The Hall–Kier alpha value is -0.120. The molecule has 2 atom stereocenters. The van der Waals surface area contributed by atoms with Crippen LogP contribution in [-0.4, -0.2) is 44.3 Å². The van der Waals surface area contributed by atoms with E-state index in [0.717, 1.165) is 26.2 Å². The molecule has 1 heterocycles. The molecule has 14 heavy (non-hydrogen) atoms. The molecule has 1 rings (SSSR count). The lowest BCUT2D eigenvalue weighted by atomic mass is 10.1. The Kier molecular flexibility index (Phi) is 5.45. The maximum atomic E-state index is 5.59. The molecule has 1 saturated heterocycles. The first-order valence-electron chi connectivity index (χ1n) is 5.72. The van der Waals surface area contributed by atoms with Gasteiger partial charge in [-0.25, -0.2) is 0 Å². The molecule has 84 valence electrons. The summed E-state index contributed by atoms with van der Waals surface area (Å²) in [4.78, 5) is 2.36. The molecule has 3 nitrogen and oxygen atoms in total. The second-order valence-corrected chi connectivity index (χ2v) is 4.53. The summed E-state index contributed by atoms with van der Waals surface area (Å²) in [5, 5.41) is 0. The van der Waals surface area contributed by atoms with E-state index in [9.17, 15) is 0 Å². The third-order valence-electron chi connectivity index (χ3n) is 2.95. The minimum absolute atomic E-state index is 0.480. The molecular weight excluding hydrogens is 176 g/mol. The summed E-state index contributed by atoms with van der Waals surface area (Å²) < 4.78 is 5.59. The van der Waals surface area contributed by atoms with Crippen LogP contribution in [0.15, 0.2) is 0 Å². The van der Waals surface area contributed by atoms with Crippen molar-refractivity contribution in [3.05, 3.63) is 0 Å². The molecule has 1 fully saturated rings. The van der Waals surface area contributed by atoms with Crippen molar-refractivity contribution in [1.29, 1.82) is 0 Å². The third kappa shape index (κ3) is 4.40. The number of nitrogens with two attached hydrogens (primary N) is 1. The lowest BCUT2D eigenvalue weighted by molar-refractivity contribution is 0.0799. The fourth-order valence-corrected chi connectivity index (χ4v) is 1.79. The van der Waals surface area contributed by atoms with Crippen LogP contribution in [0, 0.1) is 5.92 Å². The van der Waals surface area contributed by atoms with Crippen LogP contribution >= 0.6 is 0 Å². The van der Waals surface area contributed by atoms with Gasteiger partial charge in [-0.05, 0) is 45.3 Å². The average Bonchev–Trinajstić information content (AvgIpc) is 2.66. The molecule has 0 amide bonds. The monoisotopic (exact) mass is 200 g/mol. The van der Waals surface area contributed by atoms with Crippen LogP contribution in [0.2, 0.25) is 0 Å². The summed E-state index contributed by atoms with van der Waals surface area (Å²) >= 11 is 0. The SMILES string of the molecule is CC(CN)CCN(C)CC1CCCO1. The van der Waals surface area contributed by atoms with Gasteiger partial charge in [0.05, 0.1) is 6.10 Å². The number of rotatable bonds is 6. The molecule has 0 aromatic rings. The summed E-state index contributed by atoms with van der Waals surface area (Å²) in [6, 6.07) is 0. The Morgan fingerprint density at radius 3 is 2.93 bits per heavy atom. The highest BCUT2D eigenvalue weighted by Gasteiger charge is 2.17. The second kappa shape index (κ2) is 6.38. The molecule has 2 N–H and O–H groups in total. The van der Waals surface area contributed by atoms with Crippen LogP contribution in [-0.2, 0) is 4.74 Å². The van der Waals surface area contributed by atoms with Gasteiger partial charge in [0.25, 0.3) is 0 Å². The second-order valence-electron chi connectivity index (χ2n) is 4.53. The van der Waals surface area contributed by atoms with Gasteiger partial charge in [-0.15, -0.1) is 0 Å². The largest absolute Gasteiger partial charge is 0.377 e. The van der Waals surface area contributed by atoms with Gasteiger partial charge in [-0.2, -0.15) is 0 Å². The average molecular weight is 200 g/mol. The highest BCUT2D eigenvalue weighted by molar-refractivity contribution is 4.69. The zero-order valence-electron chi connectivity index (χ0n) is 9.54. The first kappa shape index (κ1) is 12.0. The minimum atomic E-state index is 0.480. The standard InChI is InChI=1S/C11H24N2O/c1-10(8-12)5-6-13(2)9-11-4-3-7-14-11/h10-11H,3-9,12H2,1-2H3. The Labute approximate surface area is 87.6 Å². The summed E-state index contributed by atoms with van der Waals surface area (Å²) in [5.41, 5.74) is 5.58. The number of hydrogen-bond acceptors (Lipinski definition) is 3. The third-order valence-corrected chi connectivity index (χ3v) is 2.95. The summed E-state index contributed by atoms with van der Waals surface area (Å²) in [7, 11) is 2.17. The van der Waals surface area contributed by atoms with Crippen molar-refractivity contribution in [2.75, 3.05) is 33.3 Å². The van der Waals surface area contributed by atoms with E-state index in [1.807, 2.05) is 0 Å². The van der Waals surface area contributed by atoms with Gasteiger partial charge in [0, 0.05) is 13.2 Å². The maximum absolute atomic E-state index is 5.59. The molecule has 3 heteroatoms. The molecule has 0 aliphatic carbocycles. The van der Waals surface area contributed by atoms with Gasteiger partial charge in [0.15, 0.2) is 0 Å². The molecule has 0 radical (unpaired) electrons. The molecule has 0 spiro atoms. The van der Waals surface area contributed by atoms with Crippen molar-refractivity contribution in [3.8, 4) is 0 Å². The van der Waals surface area contributed by atoms with E-state index in [2.05, 4.69) is 18.9 Å². The molecule has 0 saturated carbocycles. The first-order chi connectivity index (χ1) is 6.72. The summed E-state index contributed by atoms with van der Waals surface area (Å²) in [5.74, 6) is 0.641. The van der Waals surface area contributed by atoms with Crippen LogP contribution < -0.4 is 5.73 Å². The van der Waals surface area contributed by atoms with E-state index in [0.29, 0.717) is 12.0 Å². The molecule has 0 aromatic carbocycles. The van der Waals surface area contributed by atoms with Crippen LogP contribution in [0.3, 0.4) is 0 Å². The summed E-state index contributed by atoms with van der Waals surface area (Å²) in [6.07, 6.45) is 4.14. The molecule has 0 aromatic heterocycles. The van der Waals surface area contributed by atoms with Crippen molar-refractivity contribution in [3.63, 3.8) is 0 Å². The zero-order chi connectivity index (χ0) is 10.4. The van der Waals surface area contributed by atoms with E-state index >= 15 is 0 Å². The van der Waals surface area contributed by atoms with E-state index < -0.39 is 0 Å². The Morgan fingerprint density at radius 2 is 2.36 bits per heavy atom. The molecule has 1 aliphatic rings. The van der Waals surface area contributed by atoms with Gasteiger partial charge in [0.2, 0.25) is 0 Å². The highest BCUT2D eigenvalue weighted by Crippen LogP contribution is 2.13. The van der Waals surface area contributed by atoms with E-state index in [4.69, 9.17) is 10.5 Å². The number of ether oxygens (including phenoxy) is 1. The van der Waals surface area contributed by atoms with E-state index in [1.165, 1.54) is 19.3 Å². The van der Waals surface area contributed by atoms with Gasteiger partial charge in [-0.1, -0.05) is 6.92 Å². The lowest BCUT2D eigenvalue weighted by Gasteiger charge is -2.21. The van der Waals surface area contributed by atoms with Crippen LogP contribution in [0.4, 0.5) is 0 Å². The predicted octanol–water partition coefficient (Wildman–Crippen LogP) is 1.08. The highest BCUT2D eigenvalue weighted by atomic mass is 16.5. The van der Waals surface area contributed by atoms with Crippen LogP contribution in [0.25, 0.3) is 0 Å². The smallest absolute Gasteiger partial charge is 0.0702 e. The molecule has 2 unspecified atom stereocenters. The summed E-state index contributed by atoms with van der Waals surface area (Å²) in [6.45, 7) is 6.18. The van der Waals surface area contributed by atoms with E-state index in [1.54, 1.807) is 0 Å². The Morgan fingerprint density at radius 1 is 1.57 bits per heavy atom. The van der Waals surface area contributed by atoms with Gasteiger partial charge in [0.1, 0.15) is 0 Å². The number of hydrogen-bond donors (Lipinski definition) is 1. The Balaban J connectivity index is 2.05. The van der Waals surface area contributed by atoms with Crippen molar-refractivity contribution in [1.82, 2.24) is 4.90 Å². The first-order valence-corrected chi connectivity index (χ1v) is 5.72.